The van der Waals surface area contributed by atoms with Crippen molar-refractivity contribution < 1.29 is 14.3 Å². The van der Waals surface area contributed by atoms with Crippen molar-refractivity contribution in [2.24, 2.45) is 10.8 Å². The second-order valence-electron chi connectivity index (χ2n) is 5.76. The van der Waals surface area contributed by atoms with Gasteiger partial charge in [0.05, 0.1) is 13.3 Å². The molecule has 0 atom stereocenters. The Bertz CT molecular complexity index is 848. The summed E-state index contributed by atoms with van der Waals surface area (Å²) in [6.45, 7) is 3.80. The van der Waals surface area contributed by atoms with Crippen LogP contribution in [-0.2, 0) is 4.79 Å². The van der Waals surface area contributed by atoms with Gasteiger partial charge in [0.1, 0.15) is 0 Å². The minimum Gasteiger partial charge on any atom is -0.493 e. The third-order valence-electron chi connectivity index (χ3n) is 3.66. The van der Waals surface area contributed by atoms with Gasteiger partial charge in [-0.3, -0.25) is 10.2 Å². The van der Waals surface area contributed by atoms with Gasteiger partial charge >= 0.3 is 0 Å². The molecule has 0 aromatic heterocycles. The van der Waals surface area contributed by atoms with Gasteiger partial charge in [-0.25, -0.2) is 0 Å². The number of amides is 1. The molecule has 0 heterocycles. The number of hydrazone groups is 1. The zero-order valence-electron chi connectivity index (χ0n) is 15.4. The average molecular weight is 386 g/mol. The predicted molar refractivity (Wildman–Crippen MR) is 111 cm³/mol. The number of nitrogens with one attached hydrogen (secondary N) is 2. The lowest BCUT2D eigenvalue weighted by molar-refractivity contribution is -0.119. The molecule has 0 radical (unpaired) electrons. The molecule has 0 spiro atoms. The summed E-state index contributed by atoms with van der Waals surface area (Å²) in [4.78, 5) is 10.8. The van der Waals surface area contributed by atoms with Crippen LogP contribution in [0.1, 0.15) is 16.7 Å². The molecule has 0 bridgehead atoms. The van der Waals surface area contributed by atoms with Crippen LogP contribution < -0.4 is 25.9 Å². The summed E-state index contributed by atoms with van der Waals surface area (Å²) >= 11 is 5.27. The second kappa shape index (κ2) is 9.54. The van der Waals surface area contributed by atoms with E-state index in [1.807, 2.05) is 32.0 Å². The molecule has 142 valence electrons. The fraction of sp³-hybridized carbons (Fsp3) is 0.211. The number of nitrogens with zero attached hydrogens (tertiary/aromatic N) is 1. The molecule has 0 saturated heterocycles. The number of ether oxygens (including phenoxy) is 2. The molecule has 0 aliphatic heterocycles. The van der Waals surface area contributed by atoms with Gasteiger partial charge in [0.25, 0.3) is 5.91 Å². The predicted octanol–water partition coefficient (Wildman–Crippen LogP) is 2.50. The molecule has 4 N–H and O–H groups in total. The lowest BCUT2D eigenvalue weighted by Gasteiger charge is -2.12. The van der Waals surface area contributed by atoms with Gasteiger partial charge in [-0.1, -0.05) is 18.2 Å². The van der Waals surface area contributed by atoms with Crippen LogP contribution in [0.15, 0.2) is 41.5 Å². The van der Waals surface area contributed by atoms with Gasteiger partial charge in [0.15, 0.2) is 23.2 Å². The largest absolute Gasteiger partial charge is 0.493 e. The number of hydrogen-bond donors (Lipinski definition) is 3. The summed E-state index contributed by atoms with van der Waals surface area (Å²) < 4.78 is 10.5. The van der Waals surface area contributed by atoms with Gasteiger partial charge < -0.3 is 20.5 Å². The Balaban J connectivity index is 1.99. The van der Waals surface area contributed by atoms with E-state index in [0.717, 1.165) is 22.4 Å². The maximum atomic E-state index is 10.8. The highest BCUT2D eigenvalue weighted by Gasteiger charge is 2.07. The number of rotatable bonds is 7. The molecular formula is C19H22N4O3S. The van der Waals surface area contributed by atoms with Crippen LogP contribution in [-0.4, -0.2) is 31.0 Å². The number of thiocarbonyl (C=S) groups is 1. The molecule has 0 unspecified atom stereocenters. The van der Waals surface area contributed by atoms with E-state index < -0.39 is 5.91 Å². The van der Waals surface area contributed by atoms with Crippen molar-refractivity contribution in [1.82, 2.24) is 5.43 Å². The van der Waals surface area contributed by atoms with Crippen LogP contribution in [0, 0.1) is 13.8 Å². The molecule has 0 aliphatic carbocycles. The Hall–Kier alpha value is -3.13. The Labute approximate surface area is 163 Å². The third-order valence-corrected chi connectivity index (χ3v) is 3.85. The summed E-state index contributed by atoms with van der Waals surface area (Å²) in [5.41, 5.74) is 11.8. The number of aryl methyl sites for hydroxylation is 2. The zero-order valence-corrected chi connectivity index (χ0v) is 16.2. The Kier molecular flexibility index (Phi) is 7.13. The molecule has 2 aromatic carbocycles. The summed E-state index contributed by atoms with van der Waals surface area (Å²) in [7, 11) is 1.51. The number of para-hydroxylation sites is 1. The quantitative estimate of drug-likeness (QED) is 0.384. The number of methoxy groups -OCH3 is 1. The van der Waals surface area contributed by atoms with Crippen molar-refractivity contribution in [3.8, 4) is 11.5 Å². The summed E-state index contributed by atoms with van der Waals surface area (Å²) in [6.07, 6.45) is 1.60. The topological polar surface area (TPSA) is 98.0 Å². The molecule has 0 aliphatic rings. The molecule has 2 aromatic rings. The third kappa shape index (κ3) is 5.96. The molecule has 7 nitrogen and oxygen atoms in total. The molecule has 0 fully saturated rings. The highest BCUT2D eigenvalue weighted by atomic mass is 32.1. The van der Waals surface area contributed by atoms with Crippen molar-refractivity contribution in [3.05, 3.63) is 53.1 Å². The van der Waals surface area contributed by atoms with Crippen molar-refractivity contribution in [3.63, 3.8) is 0 Å². The van der Waals surface area contributed by atoms with Crippen molar-refractivity contribution in [2.75, 3.05) is 19.0 Å². The Morgan fingerprint density at radius 1 is 1.22 bits per heavy atom. The van der Waals surface area contributed by atoms with Crippen LogP contribution in [0.4, 0.5) is 5.69 Å². The number of carbonyl (C=O) groups is 1. The monoisotopic (exact) mass is 386 g/mol. The lowest BCUT2D eigenvalue weighted by Crippen LogP contribution is -2.24. The van der Waals surface area contributed by atoms with E-state index in [1.54, 1.807) is 24.4 Å². The second-order valence-corrected chi connectivity index (χ2v) is 6.16. The number of primary amides is 1. The van der Waals surface area contributed by atoms with Crippen LogP contribution >= 0.6 is 12.2 Å². The van der Waals surface area contributed by atoms with Crippen LogP contribution in [0.2, 0.25) is 0 Å². The van der Waals surface area contributed by atoms with Crippen molar-refractivity contribution in [2.45, 2.75) is 13.8 Å². The maximum Gasteiger partial charge on any atom is 0.255 e. The molecule has 27 heavy (non-hydrogen) atoms. The molecule has 2 rings (SSSR count). The lowest BCUT2D eigenvalue weighted by atomic mass is 10.1. The van der Waals surface area contributed by atoms with E-state index in [-0.39, 0.29) is 6.61 Å². The Morgan fingerprint density at radius 3 is 2.56 bits per heavy atom. The standard InChI is InChI=1S/C19H22N4O3S/c1-12-5-4-6-13(2)18(12)22-19(27)23-21-10-14-7-8-15(16(9-14)25-3)26-11-17(20)24/h4-10H,11H2,1-3H3,(H2,20,24)(H2,22,23,27)/b21-10-. The van der Waals surface area contributed by atoms with Gasteiger partial charge in [0.2, 0.25) is 0 Å². The van der Waals surface area contributed by atoms with E-state index in [0.29, 0.717) is 16.6 Å². The fourth-order valence-corrected chi connectivity index (χ4v) is 2.51. The van der Waals surface area contributed by atoms with E-state index in [2.05, 4.69) is 15.8 Å². The number of hydrogen-bond acceptors (Lipinski definition) is 5. The number of nitrogens with two attached hydrogens (primary N) is 1. The first-order chi connectivity index (χ1) is 12.9. The minimum atomic E-state index is -0.559. The normalized spacial score (nSPS) is 10.5. The smallest absolute Gasteiger partial charge is 0.255 e. The Morgan fingerprint density at radius 2 is 1.93 bits per heavy atom. The van der Waals surface area contributed by atoms with Gasteiger partial charge in [-0.2, -0.15) is 5.10 Å². The molecule has 1 amide bonds. The van der Waals surface area contributed by atoms with E-state index in [4.69, 9.17) is 27.4 Å². The van der Waals surface area contributed by atoms with Crippen LogP contribution in [0.5, 0.6) is 11.5 Å². The highest BCUT2D eigenvalue weighted by molar-refractivity contribution is 7.80. The molecular weight excluding hydrogens is 364 g/mol. The number of benzene rings is 2. The minimum absolute atomic E-state index is 0.219. The van der Waals surface area contributed by atoms with E-state index in [9.17, 15) is 4.79 Å². The number of carbonyl (C=O) groups excluding carboxylic acids is 1. The fourth-order valence-electron chi connectivity index (χ4n) is 2.35. The van der Waals surface area contributed by atoms with Gasteiger partial charge in [-0.15, -0.1) is 0 Å². The summed E-state index contributed by atoms with van der Waals surface area (Å²) in [5, 5.41) is 7.66. The first-order valence-electron chi connectivity index (χ1n) is 8.16. The first-order valence-corrected chi connectivity index (χ1v) is 8.57. The maximum absolute atomic E-state index is 10.8. The summed E-state index contributed by atoms with van der Waals surface area (Å²) in [5.74, 6) is 0.335. The molecule has 8 heteroatoms. The van der Waals surface area contributed by atoms with Crippen molar-refractivity contribution in [1.29, 1.82) is 0 Å². The van der Waals surface area contributed by atoms with Crippen LogP contribution in [0.25, 0.3) is 0 Å². The van der Waals surface area contributed by atoms with Crippen LogP contribution in [0.3, 0.4) is 0 Å². The van der Waals surface area contributed by atoms with E-state index in [1.165, 1.54) is 7.11 Å². The molecule has 0 saturated carbocycles. The first kappa shape index (κ1) is 20.2. The van der Waals surface area contributed by atoms with Gasteiger partial charge in [-0.05, 0) is 61.0 Å². The highest BCUT2D eigenvalue weighted by Crippen LogP contribution is 2.27. The van der Waals surface area contributed by atoms with Crippen molar-refractivity contribution >= 4 is 35.1 Å². The van der Waals surface area contributed by atoms with Gasteiger partial charge in [0, 0.05) is 5.69 Å². The SMILES string of the molecule is COc1cc(/C=N\NC(=S)Nc2c(C)cccc2C)ccc1OCC(N)=O. The average Bonchev–Trinajstić information content (AvgIpc) is 2.63. The van der Waals surface area contributed by atoms with E-state index >= 15 is 0 Å². The summed E-state index contributed by atoms with van der Waals surface area (Å²) in [6, 6.07) is 11.2. The number of anilines is 1. The zero-order chi connectivity index (χ0) is 19.8.